The van der Waals surface area contributed by atoms with Crippen LogP contribution < -0.4 is 10.3 Å². The topological polar surface area (TPSA) is 71.6 Å². The zero-order chi connectivity index (χ0) is 18.9. The van der Waals surface area contributed by atoms with Crippen molar-refractivity contribution in [3.8, 4) is 5.75 Å². The van der Waals surface area contributed by atoms with Gasteiger partial charge in [-0.05, 0) is 31.0 Å². The first-order valence-electron chi connectivity index (χ1n) is 9.08. The van der Waals surface area contributed by atoms with E-state index >= 15 is 0 Å². The fourth-order valence-electron chi connectivity index (χ4n) is 3.91. The highest BCUT2D eigenvalue weighted by Gasteiger charge is 2.45. The number of carbonyl (C=O) groups excluding carboxylic acids is 1. The van der Waals surface area contributed by atoms with Crippen LogP contribution in [0, 0.1) is 5.82 Å². The minimum absolute atomic E-state index is 0.182. The van der Waals surface area contributed by atoms with Crippen molar-refractivity contribution in [1.82, 2.24) is 9.88 Å². The van der Waals surface area contributed by atoms with Gasteiger partial charge in [-0.1, -0.05) is 12.1 Å². The Bertz CT molecular complexity index is 899. The molecule has 1 aromatic carbocycles. The molecule has 0 bridgehead atoms. The van der Waals surface area contributed by atoms with E-state index < -0.39 is 5.60 Å². The number of nitrogens with one attached hydrogen (secondary N) is 1. The number of carbonyl (C=O) groups is 1. The average molecular weight is 372 g/mol. The predicted octanol–water partition coefficient (Wildman–Crippen LogP) is 2.36. The van der Waals surface area contributed by atoms with Crippen molar-refractivity contribution in [2.24, 2.45) is 0 Å². The van der Waals surface area contributed by atoms with E-state index in [1.807, 2.05) is 0 Å². The molecular formula is C20H21FN2O4. The van der Waals surface area contributed by atoms with E-state index in [-0.39, 0.29) is 29.1 Å². The first-order valence-corrected chi connectivity index (χ1v) is 9.08. The SMILES string of the molecule is O=C(c1cccc(=O)[nH]1)N1CCC[C@@]2(C[C@@H](Oc3cccc(F)c3)CO2)C1. The summed E-state index contributed by atoms with van der Waals surface area (Å²) in [5, 5.41) is 0. The van der Waals surface area contributed by atoms with Gasteiger partial charge in [0.05, 0.1) is 18.8 Å². The highest BCUT2D eigenvalue weighted by molar-refractivity contribution is 5.92. The number of piperidine rings is 1. The van der Waals surface area contributed by atoms with Crippen LogP contribution in [0.25, 0.3) is 0 Å². The number of ether oxygens (including phenoxy) is 2. The Morgan fingerprint density at radius 1 is 1.30 bits per heavy atom. The maximum absolute atomic E-state index is 13.3. The summed E-state index contributed by atoms with van der Waals surface area (Å²) in [7, 11) is 0. The predicted molar refractivity (Wildman–Crippen MR) is 96.3 cm³/mol. The molecule has 0 aliphatic carbocycles. The molecule has 0 radical (unpaired) electrons. The number of aromatic nitrogens is 1. The van der Waals surface area contributed by atoms with E-state index in [2.05, 4.69) is 4.98 Å². The molecule has 1 amide bonds. The summed E-state index contributed by atoms with van der Waals surface area (Å²) in [5.74, 6) is -0.0662. The number of pyridine rings is 1. The number of benzene rings is 1. The molecule has 2 aromatic rings. The summed E-state index contributed by atoms with van der Waals surface area (Å²) < 4.78 is 25.3. The van der Waals surface area contributed by atoms with Crippen LogP contribution in [0.15, 0.2) is 47.3 Å². The molecule has 6 nitrogen and oxygen atoms in total. The first kappa shape index (κ1) is 17.7. The number of amides is 1. The fourth-order valence-corrected chi connectivity index (χ4v) is 3.91. The summed E-state index contributed by atoms with van der Waals surface area (Å²) in [5.41, 5.74) is -0.473. The highest BCUT2D eigenvalue weighted by Crippen LogP contribution is 2.36. The Hall–Kier alpha value is -2.67. The molecule has 2 aliphatic rings. The molecule has 7 heteroatoms. The van der Waals surface area contributed by atoms with E-state index in [0.29, 0.717) is 31.9 Å². The molecule has 1 spiro atoms. The van der Waals surface area contributed by atoms with Crippen molar-refractivity contribution in [3.63, 3.8) is 0 Å². The minimum Gasteiger partial charge on any atom is -0.488 e. The molecule has 0 saturated carbocycles. The van der Waals surface area contributed by atoms with Crippen LogP contribution in [0.2, 0.25) is 0 Å². The third kappa shape index (κ3) is 3.88. The standard InChI is InChI=1S/C20H21FN2O4/c21-14-4-1-5-15(10-14)27-16-11-20(26-12-16)8-3-9-23(13-20)19(25)17-6-2-7-18(24)22-17/h1-2,4-7,10,16H,3,8-9,11-13H2,(H,22,24)/t16-,20-/m1/s1. The molecule has 3 heterocycles. The third-order valence-corrected chi connectivity index (χ3v) is 5.10. The van der Waals surface area contributed by atoms with E-state index in [9.17, 15) is 14.0 Å². The van der Waals surface area contributed by atoms with Gasteiger partial charge in [0.25, 0.3) is 5.91 Å². The Kier molecular flexibility index (Phi) is 4.70. The molecule has 142 valence electrons. The molecule has 1 aromatic heterocycles. The van der Waals surface area contributed by atoms with Crippen LogP contribution in [0.1, 0.15) is 29.8 Å². The molecule has 0 unspecified atom stereocenters. The van der Waals surface area contributed by atoms with Crippen LogP contribution in [-0.2, 0) is 4.74 Å². The molecule has 27 heavy (non-hydrogen) atoms. The van der Waals surface area contributed by atoms with Crippen molar-refractivity contribution in [3.05, 3.63) is 64.3 Å². The second-order valence-electron chi connectivity index (χ2n) is 7.15. The van der Waals surface area contributed by atoms with Crippen molar-refractivity contribution in [2.45, 2.75) is 31.0 Å². The smallest absolute Gasteiger partial charge is 0.270 e. The van der Waals surface area contributed by atoms with Gasteiger partial charge < -0.3 is 19.4 Å². The van der Waals surface area contributed by atoms with Crippen molar-refractivity contribution >= 4 is 5.91 Å². The second-order valence-corrected chi connectivity index (χ2v) is 7.15. The Labute approximate surface area is 155 Å². The van der Waals surface area contributed by atoms with Gasteiger partial charge in [0, 0.05) is 25.1 Å². The number of hydrogen-bond donors (Lipinski definition) is 1. The Balaban J connectivity index is 1.43. The summed E-state index contributed by atoms with van der Waals surface area (Å²) in [4.78, 5) is 28.5. The lowest BCUT2D eigenvalue weighted by Gasteiger charge is -2.39. The number of hydrogen-bond acceptors (Lipinski definition) is 4. The van der Waals surface area contributed by atoms with Gasteiger partial charge in [-0.2, -0.15) is 0 Å². The Morgan fingerprint density at radius 3 is 2.96 bits per heavy atom. The normalized spacial score (nSPS) is 24.9. The van der Waals surface area contributed by atoms with Crippen molar-refractivity contribution < 1.29 is 18.7 Å². The van der Waals surface area contributed by atoms with E-state index in [4.69, 9.17) is 9.47 Å². The van der Waals surface area contributed by atoms with E-state index in [1.54, 1.807) is 29.2 Å². The van der Waals surface area contributed by atoms with Crippen LogP contribution in [0.4, 0.5) is 4.39 Å². The van der Waals surface area contributed by atoms with Crippen LogP contribution in [0.5, 0.6) is 5.75 Å². The summed E-state index contributed by atoms with van der Waals surface area (Å²) >= 11 is 0. The summed E-state index contributed by atoms with van der Waals surface area (Å²) in [6, 6.07) is 10.6. The van der Waals surface area contributed by atoms with Gasteiger partial charge in [-0.3, -0.25) is 9.59 Å². The van der Waals surface area contributed by atoms with Gasteiger partial charge in [-0.15, -0.1) is 0 Å². The van der Waals surface area contributed by atoms with Gasteiger partial charge in [-0.25, -0.2) is 4.39 Å². The largest absolute Gasteiger partial charge is 0.488 e. The van der Waals surface area contributed by atoms with Crippen LogP contribution in [0.3, 0.4) is 0 Å². The maximum Gasteiger partial charge on any atom is 0.270 e. The number of H-pyrrole nitrogens is 1. The van der Waals surface area contributed by atoms with Crippen molar-refractivity contribution in [1.29, 1.82) is 0 Å². The van der Waals surface area contributed by atoms with Crippen molar-refractivity contribution in [2.75, 3.05) is 19.7 Å². The summed E-state index contributed by atoms with van der Waals surface area (Å²) in [6.45, 7) is 1.47. The van der Waals surface area contributed by atoms with Gasteiger partial charge in [0.2, 0.25) is 5.56 Å². The fraction of sp³-hybridized carbons (Fsp3) is 0.400. The molecule has 2 atom stereocenters. The molecule has 2 saturated heterocycles. The van der Waals surface area contributed by atoms with E-state index in [0.717, 1.165) is 12.8 Å². The molecular weight excluding hydrogens is 351 g/mol. The van der Waals surface area contributed by atoms with Crippen LogP contribution >= 0.6 is 0 Å². The quantitative estimate of drug-likeness (QED) is 0.898. The molecule has 2 fully saturated rings. The lowest BCUT2D eigenvalue weighted by Crippen LogP contribution is -2.50. The van der Waals surface area contributed by atoms with Crippen LogP contribution in [-0.4, -0.2) is 47.2 Å². The van der Waals surface area contributed by atoms with E-state index in [1.165, 1.54) is 18.2 Å². The number of aromatic amines is 1. The number of halogens is 1. The number of nitrogens with zero attached hydrogens (tertiary/aromatic N) is 1. The third-order valence-electron chi connectivity index (χ3n) is 5.10. The second kappa shape index (κ2) is 7.15. The lowest BCUT2D eigenvalue weighted by molar-refractivity contribution is -0.0454. The molecule has 1 N–H and O–H groups in total. The maximum atomic E-state index is 13.3. The molecule has 4 rings (SSSR count). The Morgan fingerprint density at radius 2 is 2.15 bits per heavy atom. The van der Waals surface area contributed by atoms with Gasteiger partial charge in [0.15, 0.2) is 0 Å². The zero-order valence-electron chi connectivity index (χ0n) is 14.8. The average Bonchev–Trinajstić information content (AvgIpc) is 3.02. The highest BCUT2D eigenvalue weighted by atomic mass is 19.1. The lowest BCUT2D eigenvalue weighted by atomic mass is 9.89. The van der Waals surface area contributed by atoms with Gasteiger partial charge >= 0.3 is 0 Å². The monoisotopic (exact) mass is 372 g/mol. The number of likely N-dealkylation sites (tertiary alicyclic amines) is 1. The summed E-state index contributed by atoms with van der Waals surface area (Å²) in [6.07, 6.45) is 2.11. The van der Waals surface area contributed by atoms with Gasteiger partial charge in [0.1, 0.15) is 23.4 Å². The minimum atomic E-state index is -0.457. The number of rotatable bonds is 3. The molecule has 2 aliphatic heterocycles. The first-order chi connectivity index (χ1) is 13.0. The zero-order valence-corrected chi connectivity index (χ0v) is 14.8.